The molecule has 3 aromatic carbocycles. The Kier molecular flexibility index (Phi) is 5.79. The second kappa shape index (κ2) is 9.03. The van der Waals surface area contributed by atoms with Crippen LogP contribution in [0.2, 0.25) is 0 Å². The number of hydrogen-bond acceptors (Lipinski definition) is 5. The van der Waals surface area contributed by atoms with Gasteiger partial charge in [0.1, 0.15) is 5.75 Å². The van der Waals surface area contributed by atoms with Crippen molar-refractivity contribution in [1.82, 2.24) is 4.98 Å². The van der Waals surface area contributed by atoms with E-state index in [1.54, 1.807) is 16.9 Å². The number of carbonyl (C=O) groups excluding carboxylic acids is 2. The second-order valence-corrected chi connectivity index (χ2v) is 8.99. The molecule has 1 aliphatic heterocycles. The number of benzene rings is 3. The fraction of sp³-hybridized carbons (Fsp3) is 0.192. The van der Waals surface area contributed by atoms with E-state index in [1.165, 1.54) is 11.3 Å². The summed E-state index contributed by atoms with van der Waals surface area (Å²) in [5.74, 6) is 0.200. The van der Waals surface area contributed by atoms with Crippen molar-refractivity contribution in [1.29, 1.82) is 0 Å². The molecule has 166 valence electrons. The average Bonchev–Trinajstić information content (AvgIpc) is 3.46. The van der Waals surface area contributed by atoms with Crippen LogP contribution in [0.4, 0.5) is 10.8 Å². The summed E-state index contributed by atoms with van der Waals surface area (Å²) in [6.07, 6.45) is 0.192. The maximum absolute atomic E-state index is 13.8. The normalized spacial score (nSPS) is 15.7. The molecule has 1 unspecified atom stereocenters. The molecule has 4 aromatic rings. The number of para-hydroxylation sites is 1. The highest BCUT2D eigenvalue weighted by molar-refractivity contribution is 7.22. The quantitative estimate of drug-likeness (QED) is 0.414. The number of aromatic nitrogens is 1. The molecule has 1 aromatic heterocycles. The van der Waals surface area contributed by atoms with Gasteiger partial charge >= 0.3 is 0 Å². The van der Waals surface area contributed by atoms with Gasteiger partial charge in [-0.15, -0.1) is 0 Å². The highest BCUT2D eigenvalue weighted by Gasteiger charge is 2.38. The number of methoxy groups -OCH3 is 1. The van der Waals surface area contributed by atoms with E-state index in [4.69, 9.17) is 9.72 Å². The van der Waals surface area contributed by atoms with Crippen LogP contribution < -0.4 is 14.5 Å². The Morgan fingerprint density at radius 1 is 1.09 bits per heavy atom. The van der Waals surface area contributed by atoms with E-state index in [1.807, 2.05) is 78.9 Å². The van der Waals surface area contributed by atoms with Crippen molar-refractivity contribution in [2.75, 3.05) is 23.5 Å². The van der Waals surface area contributed by atoms with Crippen molar-refractivity contribution < 1.29 is 14.3 Å². The third-order valence-electron chi connectivity index (χ3n) is 5.81. The van der Waals surface area contributed by atoms with Crippen LogP contribution in [0.1, 0.15) is 12.0 Å². The largest absolute Gasteiger partial charge is 0.497 e. The van der Waals surface area contributed by atoms with E-state index in [2.05, 4.69) is 0 Å². The number of amides is 2. The first-order chi connectivity index (χ1) is 16.1. The summed E-state index contributed by atoms with van der Waals surface area (Å²) in [6, 6.07) is 25.0. The lowest BCUT2D eigenvalue weighted by atomic mass is 10.1. The average molecular weight is 458 g/mol. The molecule has 7 heteroatoms. The van der Waals surface area contributed by atoms with E-state index < -0.39 is 5.92 Å². The summed E-state index contributed by atoms with van der Waals surface area (Å²) >= 11 is 1.45. The van der Waals surface area contributed by atoms with Gasteiger partial charge < -0.3 is 9.64 Å². The Balaban J connectivity index is 1.47. The van der Waals surface area contributed by atoms with Gasteiger partial charge in [-0.05, 0) is 35.9 Å². The summed E-state index contributed by atoms with van der Waals surface area (Å²) in [5, 5.41) is 0.623. The monoisotopic (exact) mass is 457 g/mol. The highest BCUT2D eigenvalue weighted by Crippen LogP contribution is 2.34. The SMILES string of the molecule is COc1ccc2nc(N(Cc3ccccc3)C(=O)C3CC(=O)N(c4ccccc4)C3)sc2c1. The van der Waals surface area contributed by atoms with Gasteiger partial charge in [0.25, 0.3) is 0 Å². The van der Waals surface area contributed by atoms with Crippen LogP contribution in [0.15, 0.2) is 78.9 Å². The third-order valence-corrected chi connectivity index (χ3v) is 6.85. The van der Waals surface area contributed by atoms with Gasteiger partial charge in [-0.3, -0.25) is 14.5 Å². The van der Waals surface area contributed by atoms with Gasteiger partial charge in [-0.2, -0.15) is 0 Å². The molecule has 1 aliphatic rings. The minimum atomic E-state index is -0.428. The fourth-order valence-electron chi connectivity index (χ4n) is 4.09. The Labute approximate surface area is 196 Å². The summed E-state index contributed by atoms with van der Waals surface area (Å²) in [5.41, 5.74) is 2.64. The first-order valence-corrected chi connectivity index (χ1v) is 11.6. The Hall–Kier alpha value is -3.71. The first kappa shape index (κ1) is 21.2. The summed E-state index contributed by atoms with van der Waals surface area (Å²) in [7, 11) is 1.63. The lowest BCUT2D eigenvalue weighted by Gasteiger charge is -2.23. The zero-order chi connectivity index (χ0) is 22.8. The zero-order valence-corrected chi connectivity index (χ0v) is 19.0. The predicted molar refractivity (Wildman–Crippen MR) is 131 cm³/mol. The number of carbonyl (C=O) groups is 2. The maximum atomic E-state index is 13.8. The van der Waals surface area contributed by atoms with E-state index >= 15 is 0 Å². The summed E-state index contributed by atoms with van der Waals surface area (Å²) in [4.78, 5) is 34.7. The van der Waals surface area contributed by atoms with E-state index in [9.17, 15) is 9.59 Å². The lowest BCUT2D eigenvalue weighted by Crippen LogP contribution is -2.37. The van der Waals surface area contributed by atoms with E-state index in [0.717, 1.165) is 27.2 Å². The number of fused-ring (bicyclic) bond motifs is 1. The molecular weight excluding hydrogens is 434 g/mol. The van der Waals surface area contributed by atoms with Gasteiger partial charge in [0.2, 0.25) is 11.8 Å². The molecule has 0 aliphatic carbocycles. The van der Waals surface area contributed by atoms with Crippen LogP contribution in [0, 0.1) is 5.92 Å². The van der Waals surface area contributed by atoms with Crippen molar-refractivity contribution >= 4 is 44.2 Å². The zero-order valence-electron chi connectivity index (χ0n) is 18.2. The maximum Gasteiger partial charge on any atom is 0.234 e. The molecule has 0 N–H and O–H groups in total. The van der Waals surface area contributed by atoms with Crippen molar-refractivity contribution in [2.45, 2.75) is 13.0 Å². The van der Waals surface area contributed by atoms with Crippen LogP contribution in [0.5, 0.6) is 5.75 Å². The fourth-order valence-corrected chi connectivity index (χ4v) is 5.09. The molecule has 2 amide bonds. The molecule has 1 fully saturated rings. The van der Waals surface area contributed by atoms with Crippen molar-refractivity contribution in [3.63, 3.8) is 0 Å². The smallest absolute Gasteiger partial charge is 0.234 e. The molecule has 0 bridgehead atoms. The first-order valence-electron chi connectivity index (χ1n) is 10.8. The van der Waals surface area contributed by atoms with E-state index in [0.29, 0.717) is 18.2 Å². The molecule has 1 saturated heterocycles. The standard InChI is InChI=1S/C26H23N3O3S/c1-32-21-12-13-22-23(15-21)33-26(27-22)29(16-18-8-4-2-5-9-18)25(31)19-14-24(30)28(17-19)20-10-6-3-7-11-20/h2-13,15,19H,14,16-17H2,1H3. The molecule has 1 atom stereocenters. The number of ether oxygens (including phenoxy) is 1. The van der Waals surface area contributed by atoms with Crippen molar-refractivity contribution in [3.05, 3.63) is 84.4 Å². The summed E-state index contributed by atoms with van der Waals surface area (Å²) < 4.78 is 6.29. The molecule has 5 rings (SSSR count). The third kappa shape index (κ3) is 4.32. The van der Waals surface area contributed by atoms with E-state index in [-0.39, 0.29) is 18.2 Å². The molecule has 6 nitrogen and oxygen atoms in total. The molecular formula is C26H23N3O3S. The van der Waals surface area contributed by atoms with Crippen LogP contribution >= 0.6 is 11.3 Å². The number of anilines is 2. The topological polar surface area (TPSA) is 62.7 Å². The summed E-state index contributed by atoms with van der Waals surface area (Å²) in [6.45, 7) is 0.762. The van der Waals surface area contributed by atoms with Gasteiger partial charge in [0.05, 0.1) is 29.8 Å². The molecule has 0 radical (unpaired) electrons. The predicted octanol–water partition coefficient (Wildman–Crippen LogP) is 4.89. The van der Waals surface area contributed by atoms with Gasteiger partial charge in [0, 0.05) is 18.7 Å². The molecule has 0 spiro atoms. The minimum absolute atomic E-state index is 0.0340. The molecule has 33 heavy (non-hydrogen) atoms. The minimum Gasteiger partial charge on any atom is -0.497 e. The Bertz CT molecular complexity index is 1290. The highest BCUT2D eigenvalue weighted by atomic mass is 32.1. The van der Waals surface area contributed by atoms with Crippen LogP contribution in [0.25, 0.3) is 10.2 Å². The van der Waals surface area contributed by atoms with Crippen molar-refractivity contribution in [3.8, 4) is 5.75 Å². The van der Waals surface area contributed by atoms with Crippen molar-refractivity contribution in [2.24, 2.45) is 5.92 Å². The lowest BCUT2D eigenvalue weighted by molar-refractivity contribution is -0.124. The molecule has 2 heterocycles. The Morgan fingerprint density at radius 3 is 2.55 bits per heavy atom. The van der Waals surface area contributed by atoms with Gasteiger partial charge in [-0.1, -0.05) is 59.9 Å². The van der Waals surface area contributed by atoms with Crippen LogP contribution in [0.3, 0.4) is 0 Å². The second-order valence-electron chi connectivity index (χ2n) is 7.98. The van der Waals surface area contributed by atoms with Crippen LogP contribution in [-0.4, -0.2) is 30.5 Å². The van der Waals surface area contributed by atoms with Gasteiger partial charge in [-0.25, -0.2) is 4.98 Å². The molecule has 0 saturated carbocycles. The number of hydrogen-bond donors (Lipinski definition) is 0. The van der Waals surface area contributed by atoms with Gasteiger partial charge in [0.15, 0.2) is 5.13 Å². The Morgan fingerprint density at radius 2 is 1.82 bits per heavy atom. The number of rotatable bonds is 6. The van der Waals surface area contributed by atoms with Crippen LogP contribution in [-0.2, 0) is 16.1 Å². The number of nitrogens with zero attached hydrogens (tertiary/aromatic N) is 3. The number of thiazole rings is 1.